The van der Waals surface area contributed by atoms with Gasteiger partial charge in [0, 0.05) is 31.9 Å². The summed E-state index contributed by atoms with van der Waals surface area (Å²) in [5.74, 6) is 0. The van der Waals surface area contributed by atoms with Gasteiger partial charge in [-0.15, -0.1) is 0 Å². The Bertz CT molecular complexity index is 381. The minimum absolute atomic E-state index is 0.256. The molecule has 1 aromatic rings. The Morgan fingerprint density at radius 1 is 1.44 bits per heavy atom. The molecule has 1 saturated heterocycles. The van der Waals surface area contributed by atoms with Crippen LogP contribution in [0.25, 0.3) is 0 Å². The second-order valence-electron chi connectivity index (χ2n) is 5.09. The van der Waals surface area contributed by atoms with Gasteiger partial charge in [-0.05, 0) is 30.9 Å². The number of ether oxygens (including phenoxy) is 1. The number of methoxy groups -OCH3 is 1. The molecule has 1 aromatic carbocycles. The van der Waals surface area contributed by atoms with Crippen LogP contribution in [0.1, 0.15) is 25.3 Å². The molecule has 1 heterocycles. The number of benzene rings is 1. The highest BCUT2D eigenvalue weighted by molar-refractivity contribution is 5.54. The van der Waals surface area contributed by atoms with Crippen LogP contribution in [-0.4, -0.2) is 32.3 Å². The number of hydrogen-bond acceptors (Lipinski definition) is 3. The van der Waals surface area contributed by atoms with E-state index in [-0.39, 0.29) is 6.04 Å². The van der Waals surface area contributed by atoms with Crippen LogP contribution in [0.2, 0.25) is 0 Å². The fraction of sp³-hybridized carbons (Fsp3) is 0.600. The Hall–Kier alpha value is -1.06. The molecule has 100 valence electrons. The minimum Gasteiger partial charge on any atom is -0.380 e. The molecule has 3 heteroatoms. The molecule has 0 amide bonds. The molecule has 0 radical (unpaired) electrons. The van der Waals surface area contributed by atoms with Gasteiger partial charge in [-0.3, -0.25) is 0 Å². The van der Waals surface area contributed by atoms with Crippen molar-refractivity contribution in [2.24, 2.45) is 5.73 Å². The van der Waals surface area contributed by atoms with Crippen molar-refractivity contribution in [3.63, 3.8) is 0 Å². The maximum Gasteiger partial charge on any atom is 0.0762 e. The lowest BCUT2D eigenvalue weighted by atomic mass is 10.0. The first-order chi connectivity index (χ1) is 8.74. The lowest BCUT2D eigenvalue weighted by molar-refractivity contribution is 0.121. The van der Waals surface area contributed by atoms with E-state index < -0.39 is 0 Å². The average molecular weight is 248 g/mol. The molecule has 2 rings (SSSR count). The van der Waals surface area contributed by atoms with Gasteiger partial charge in [0.15, 0.2) is 0 Å². The fourth-order valence-electron chi connectivity index (χ4n) is 2.56. The Morgan fingerprint density at radius 2 is 2.22 bits per heavy atom. The average Bonchev–Trinajstić information content (AvgIpc) is 2.88. The predicted molar refractivity (Wildman–Crippen MR) is 76.0 cm³/mol. The minimum atomic E-state index is 0.256. The monoisotopic (exact) mass is 248 g/mol. The Balaban J connectivity index is 2.12. The largest absolute Gasteiger partial charge is 0.380 e. The predicted octanol–water partition coefficient (Wildman–Crippen LogP) is 2.19. The van der Waals surface area contributed by atoms with E-state index in [1.54, 1.807) is 7.11 Å². The highest BCUT2D eigenvalue weighted by Crippen LogP contribution is 2.26. The molecule has 18 heavy (non-hydrogen) atoms. The normalized spacial score (nSPS) is 21.3. The zero-order valence-electron chi connectivity index (χ0n) is 11.4. The molecule has 2 unspecified atom stereocenters. The van der Waals surface area contributed by atoms with E-state index >= 15 is 0 Å². The number of hydrogen-bond donors (Lipinski definition) is 1. The molecule has 0 spiro atoms. The summed E-state index contributed by atoms with van der Waals surface area (Å²) in [6.07, 6.45) is 3.47. The first-order valence-corrected chi connectivity index (χ1v) is 6.85. The van der Waals surface area contributed by atoms with Crippen LogP contribution >= 0.6 is 0 Å². The van der Waals surface area contributed by atoms with Crippen LogP contribution in [0.4, 0.5) is 5.69 Å². The molecule has 0 saturated carbocycles. The highest BCUT2D eigenvalue weighted by Gasteiger charge is 2.23. The summed E-state index contributed by atoms with van der Waals surface area (Å²) in [5.41, 5.74) is 8.78. The maximum atomic E-state index is 6.08. The topological polar surface area (TPSA) is 38.5 Å². The SMILES string of the molecule is CCC(N)Cc1ccccc1N1CCC(OC)C1. The van der Waals surface area contributed by atoms with Crippen molar-refractivity contribution >= 4 is 5.69 Å². The molecule has 1 aliphatic heterocycles. The maximum absolute atomic E-state index is 6.08. The van der Waals surface area contributed by atoms with Gasteiger partial charge in [0.05, 0.1) is 6.10 Å². The third-order valence-corrected chi connectivity index (χ3v) is 3.82. The van der Waals surface area contributed by atoms with Gasteiger partial charge in [-0.2, -0.15) is 0 Å². The van der Waals surface area contributed by atoms with Crippen molar-refractivity contribution in [2.75, 3.05) is 25.1 Å². The third kappa shape index (κ3) is 3.03. The van der Waals surface area contributed by atoms with Crippen LogP contribution in [0.15, 0.2) is 24.3 Å². The molecular formula is C15H24N2O. The highest BCUT2D eigenvalue weighted by atomic mass is 16.5. The fourth-order valence-corrected chi connectivity index (χ4v) is 2.56. The second-order valence-corrected chi connectivity index (χ2v) is 5.09. The summed E-state index contributed by atoms with van der Waals surface area (Å²) in [6.45, 7) is 4.22. The molecular weight excluding hydrogens is 224 g/mol. The number of anilines is 1. The molecule has 3 nitrogen and oxygen atoms in total. The summed E-state index contributed by atoms with van der Waals surface area (Å²) in [5, 5.41) is 0. The summed E-state index contributed by atoms with van der Waals surface area (Å²) >= 11 is 0. The van der Waals surface area contributed by atoms with Crippen molar-refractivity contribution in [1.82, 2.24) is 0 Å². The first kappa shape index (κ1) is 13.4. The van der Waals surface area contributed by atoms with Gasteiger partial charge in [0.2, 0.25) is 0 Å². The molecule has 2 N–H and O–H groups in total. The lowest BCUT2D eigenvalue weighted by Crippen LogP contribution is -2.26. The van der Waals surface area contributed by atoms with E-state index in [1.807, 2.05) is 0 Å². The second kappa shape index (κ2) is 6.21. The van der Waals surface area contributed by atoms with Crippen LogP contribution < -0.4 is 10.6 Å². The lowest BCUT2D eigenvalue weighted by Gasteiger charge is -2.23. The van der Waals surface area contributed by atoms with Gasteiger partial charge in [-0.1, -0.05) is 25.1 Å². The quantitative estimate of drug-likeness (QED) is 0.868. The zero-order chi connectivity index (χ0) is 13.0. The van der Waals surface area contributed by atoms with E-state index in [0.717, 1.165) is 32.4 Å². The first-order valence-electron chi connectivity index (χ1n) is 6.85. The Morgan fingerprint density at radius 3 is 2.89 bits per heavy atom. The molecule has 1 fully saturated rings. The van der Waals surface area contributed by atoms with E-state index in [4.69, 9.17) is 10.5 Å². The molecule has 2 atom stereocenters. The number of nitrogens with two attached hydrogens (primary N) is 1. The van der Waals surface area contributed by atoms with Crippen molar-refractivity contribution < 1.29 is 4.74 Å². The van der Waals surface area contributed by atoms with E-state index in [0.29, 0.717) is 6.10 Å². The van der Waals surface area contributed by atoms with Crippen LogP contribution in [0.5, 0.6) is 0 Å². The summed E-state index contributed by atoms with van der Waals surface area (Å²) in [7, 11) is 1.80. The number of nitrogens with zero attached hydrogens (tertiary/aromatic N) is 1. The Labute approximate surface area is 110 Å². The number of para-hydroxylation sites is 1. The Kier molecular flexibility index (Phi) is 4.61. The van der Waals surface area contributed by atoms with Crippen molar-refractivity contribution in [2.45, 2.75) is 38.3 Å². The van der Waals surface area contributed by atoms with Gasteiger partial charge in [0.25, 0.3) is 0 Å². The van der Waals surface area contributed by atoms with Crippen LogP contribution in [-0.2, 0) is 11.2 Å². The smallest absolute Gasteiger partial charge is 0.0762 e. The van der Waals surface area contributed by atoms with Gasteiger partial charge in [-0.25, -0.2) is 0 Å². The summed E-state index contributed by atoms with van der Waals surface area (Å²) in [6, 6.07) is 8.87. The van der Waals surface area contributed by atoms with Crippen molar-refractivity contribution in [3.8, 4) is 0 Å². The van der Waals surface area contributed by atoms with Crippen LogP contribution in [0.3, 0.4) is 0 Å². The van der Waals surface area contributed by atoms with Gasteiger partial charge < -0.3 is 15.4 Å². The molecule has 0 bridgehead atoms. The van der Waals surface area contributed by atoms with Crippen LogP contribution in [0, 0.1) is 0 Å². The summed E-state index contributed by atoms with van der Waals surface area (Å²) in [4.78, 5) is 2.42. The molecule has 0 aliphatic carbocycles. The van der Waals surface area contributed by atoms with Gasteiger partial charge in [0.1, 0.15) is 0 Å². The molecule has 1 aliphatic rings. The number of rotatable bonds is 5. The third-order valence-electron chi connectivity index (χ3n) is 3.82. The summed E-state index contributed by atoms with van der Waals surface area (Å²) < 4.78 is 5.44. The van der Waals surface area contributed by atoms with Gasteiger partial charge >= 0.3 is 0 Å². The van der Waals surface area contributed by atoms with E-state index in [1.165, 1.54) is 11.3 Å². The zero-order valence-corrected chi connectivity index (χ0v) is 11.4. The molecule has 0 aromatic heterocycles. The van der Waals surface area contributed by atoms with E-state index in [2.05, 4.69) is 36.1 Å². The standard InChI is InChI=1S/C15H24N2O/c1-3-13(16)10-12-6-4-5-7-15(12)17-9-8-14(11-17)18-2/h4-7,13-14H,3,8-11,16H2,1-2H3. The van der Waals surface area contributed by atoms with E-state index in [9.17, 15) is 0 Å². The van der Waals surface area contributed by atoms with Crippen molar-refractivity contribution in [3.05, 3.63) is 29.8 Å². The van der Waals surface area contributed by atoms with Crippen molar-refractivity contribution in [1.29, 1.82) is 0 Å².